The Morgan fingerprint density at radius 2 is 1.34 bits per heavy atom. The standard InChI is InChI=1S/C26H31NOSi/c1-26(2,3)22-12-8-10-20-21-11-9-13-23(25(21)28-24(20)22)27(4)18-14-16-19(17-15-18)29(5,6)7/h8-17H,1-7H3. The van der Waals surface area contributed by atoms with Crippen LogP contribution >= 0.6 is 0 Å². The minimum atomic E-state index is -1.30. The van der Waals surface area contributed by atoms with Crippen LogP contribution in [0.25, 0.3) is 21.9 Å². The normalized spacial score (nSPS) is 12.7. The van der Waals surface area contributed by atoms with Gasteiger partial charge in [-0.25, -0.2) is 0 Å². The molecule has 1 aromatic heterocycles. The average Bonchev–Trinajstić information content (AvgIpc) is 3.04. The molecule has 0 amide bonds. The molecule has 0 unspecified atom stereocenters. The summed E-state index contributed by atoms with van der Waals surface area (Å²) in [7, 11) is 0.824. The predicted octanol–water partition coefficient (Wildman–Crippen LogP) is 7.20. The molecule has 0 aliphatic rings. The Labute approximate surface area is 175 Å². The molecule has 150 valence electrons. The summed E-state index contributed by atoms with van der Waals surface area (Å²) in [5.74, 6) is 0. The second kappa shape index (κ2) is 6.77. The van der Waals surface area contributed by atoms with Gasteiger partial charge in [0.15, 0.2) is 5.58 Å². The lowest BCUT2D eigenvalue weighted by molar-refractivity contribution is 0.573. The Hall–Kier alpha value is -2.52. The van der Waals surface area contributed by atoms with Crippen LogP contribution in [0.4, 0.5) is 11.4 Å². The molecule has 0 spiro atoms. The molecule has 0 saturated carbocycles. The molecule has 1 heterocycles. The summed E-state index contributed by atoms with van der Waals surface area (Å²) in [5.41, 5.74) is 5.52. The zero-order chi connectivity index (χ0) is 21.0. The van der Waals surface area contributed by atoms with Gasteiger partial charge in [0.05, 0.1) is 13.8 Å². The molecular formula is C26H31NOSi. The average molecular weight is 402 g/mol. The fraction of sp³-hybridized carbons (Fsp3) is 0.308. The van der Waals surface area contributed by atoms with Crippen LogP contribution in [0.5, 0.6) is 0 Å². The van der Waals surface area contributed by atoms with Crippen LogP contribution in [0.3, 0.4) is 0 Å². The van der Waals surface area contributed by atoms with Gasteiger partial charge in [-0.15, -0.1) is 0 Å². The van der Waals surface area contributed by atoms with Gasteiger partial charge in [-0.3, -0.25) is 0 Å². The van der Waals surface area contributed by atoms with Crippen molar-refractivity contribution >= 4 is 46.6 Å². The fourth-order valence-corrected chi connectivity index (χ4v) is 5.15. The molecule has 0 N–H and O–H groups in total. The number of fused-ring (bicyclic) bond motifs is 3. The van der Waals surface area contributed by atoms with E-state index in [2.05, 4.69) is 113 Å². The van der Waals surface area contributed by atoms with Gasteiger partial charge in [-0.2, -0.15) is 0 Å². The van der Waals surface area contributed by atoms with E-state index in [1.54, 1.807) is 0 Å². The van der Waals surface area contributed by atoms with E-state index in [-0.39, 0.29) is 5.41 Å². The molecule has 0 aliphatic heterocycles. The second-order valence-corrected chi connectivity index (χ2v) is 15.1. The maximum absolute atomic E-state index is 6.53. The van der Waals surface area contributed by atoms with Crippen LogP contribution in [0.1, 0.15) is 26.3 Å². The van der Waals surface area contributed by atoms with Crippen LogP contribution in [0.15, 0.2) is 65.1 Å². The highest BCUT2D eigenvalue weighted by atomic mass is 28.3. The first-order valence-corrected chi connectivity index (χ1v) is 13.9. The van der Waals surface area contributed by atoms with Crippen molar-refractivity contribution in [1.82, 2.24) is 0 Å². The third kappa shape index (κ3) is 3.48. The SMILES string of the molecule is CN(c1ccc([Si](C)(C)C)cc1)c1cccc2c1oc1c(C(C)(C)C)cccc12. The van der Waals surface area contributed by atoms with Gasteiger partial charge in [0.25, 0.3) is 0 Å². The van der Waals surface area contributed by atoms with Crippen molar-refractivity contribution in [2.45, 2.75) is 45.8 Å². The molecule has 4 rings (SSSR count). The summed E-state index contributed by atoms with van der Waals surface area (Å²) in [6, 6.07) is 22.0. The van der Waals surface area contributed by atoms with Crippen LogP contribution in [-0.4, -0.2) is 15.1 Å². The van der Waals surface area contributed by atoms with Crippen molar-refractivity contribution in [3.63, 3.8) is 0 Å². The Bertz CT molecular complexity index is 1170. The van der Waals surface area contributed by atoms with E-state index in [4.69, 9.17) is 4.42 Å². The lowest BCUT2D eigenvalue weighted by Crippen LogP contribution is -2.37. The number of hydrogen-bond acceptors (Lipinski definition) is 2. The van der Waals surface area contributed by atoms with Crippen molar-refractivity contribution in [3.8, 4) is 0 Å². The highest BCUT2D eigenvalue weighted by molar-refractivity contribution is 6.88. The van der Waals surface area contributed by atoms with E-state index >= 15 is 0 Å². The van der Waals surface area contributed by atoms with Gasteiger partial charge < -0.3 is 9.32 Å². The maximum atomic E-state index is 6.53. The highest BCUT2D eigenvalue weighted by Crippen LogP contribution is 2.40. The monoisotopic (exact) mass is 401 g/mol. The molecule has 0 saturated heterocycles. The van der Waals surface area contributed by atoms with Crippen molar-refractivity contribution in [1.29, 1.82) is 0 Å². The van der Waals surface area contributed by atoms with E-state index in [1.165, 1.54) is 27.2 Å². The molecule has 0 radical (unpaired) electrons. The van der Waals surface area contributed by atoms with E-state index in [0.29, 0.717) is 0 Å². The second-order valence-electron chi connectivity index (χ2n) is 10.0. The first kappa shape index (κ1) is 19.8. The summed E-state index contributed by atoms with van der Waals surface area (Å²) in [6.45, 7) is 13.9. The van der Waals surface area contributed by atoms with E-state index in [1.807, 2.05) is 0 Å². The van der Waals surface area contributed by atoms with Gasteiger partial charge in [0, 0.05) is 29.1 Å². The van der Waals surface area contributed by atoms with Crippen LogP contribution in [-0.2, 0) is 5.41 Å². The van der Waals surface area contributed by atoms with E-state index in [0.717, 1.165) is 16.9 Å². The molecule has 0 atom stereocenters. The van der Waals surface area contributed by atoms with Gasteiger partial charge in [0.2, 0.25) is 0 Å². The molecule has 3 aromatic carbocycles. The molecule has 0 aliphatic carbocycles. The largest absolute Gasteiger partial charge is 0.454 e. The van der Waals surface area contributed by atoms with Gasteiger partial charge in [0.1, 0.15) is 5.58 Å². The topological polar surface area (TPSA) is 16.4 Å². The first-order chi connectivity index (χ1) is 13.6. The minimum Gasteiger partial charge on any atom is -0.454 e. The quantitative estimate of drug-likeness (QED) is 0.338. The number of hydrogen-bond donors (Lipinski definition) is 0. The predicted molar refractivity (Wildman–Crippen MR) is 130 cm³/mol. The number of anilines is 2. The van der Waals surface area contributed by atoms with Crippen molar-refractivity contribution in [2.75, 3.05) is 11.9 Å². The maximum Gasteiger partial charge on any atom is 0.159 e. The lowest BCUT2D eigenvalue weighted by Gasteiger charge is -2.22. The summed E-state index contributed by atoms with van der Waals surface area (Å²) in [6.07, 6.45) is 0. The number of nitrogens with zero attached hydrogens (tertiary/aromatic N) is 1. The van der Waals surface area contributed by atoms with Crippen molar-refractivity contribution in [2.24, 2.45) is 0 Å². The molecule has 29 heavy (non-hydrogen) atoms. The van der Waals surface area contributed by atoms with Crippen molar-refractivity contribution < 1.29 is 4.42 Å². The van der Waals surface area contributed by atoms with E-state index in [9.17, 15) is 0 Å². The van der Waals surface area contributed by atoms with Crippen LogP contribution in [0.2, 0.25) is 19.6 Å². The Morgan fingerprint density at radius 3 is 1.93 bits per heavy atom. The van der Waals surface area contributed by atoms with Crippen molar-refractivity contribution in [3.05, 3.63) is 66.2 Å². The summed E-state index contributed by atoms with van der Waals surface area (Å²) in [4.78, 5) is 2.23. The smallest absolute Gasteiger partial charge is 0.159 e. The number of benzene rings is 3. The number of furan rings is 1. The Kier molecular flexibility index (Phi) is 4.62. The Balaban J connectivity index is 1.86. The van der Waals surface area contributed by atoms with E-state index < -0.39 is 8.07 Å². The molecule has 4 aromatic rings. The zero-order valence-electron chi connectivity index (χ0n) is 18.6. The molecular weight excluding hydrogens is 370 g/mol. The third-order valence-corrected chi connectivity index (χ3v) is 7.86. The molecule has 0 bridgehead atoms. The number of para-hydroxylation sites is 2. The summed E-state index contributed by atoms with van der Waals surface area (Å²) < 4.78 is 6.53. The fourth-order valence-electron chi connectivity index (χ4n) is 3.98. The summed E-state index contributed by atoms with van der Waals surface area (Å²) >= 11 is 0. The van der Waals surface area contributed by atoms with Gasteiger partial charge in [-0.05, 0) is 23.6 Å². The van der Waals surface area contributed by atoms with Gasteiger partial charge in [-0.1, -0.05) is 88.1 Å². The molecule has 3 heteroatoms. The zero-order valence-corrected chi connectivity index (χ0v) is 19.6. The molecule has 2 nitrogen and oxygen atoms in total. The Morgan fingerprint density at radius 1 is 0.759 bits per heavy atom. The first-order valence-electron chi connectivity index (χ1n) is 10.4. The van der Waals surface area contributed by atoms with Crippen LogP contribution < -0.4 is 10.1 Å². The summed E-state index contributed by atoms with van der Waals surface area (Å²) in [5, 5.41) is 3.84. The third-order valence-electron chi connectivity index (χ3n) is 5.79. The lowest BCUT2D eigenvalue weighted by atomic mass is 9.86. The highest BCUT2D eigenvalue weighted by Gasteiger charge is 2.22. The molecule has 0 fully saturated rings. The van der Waals surface area contributed by atoms with Crippen LogP contribution in [0, 0.1) is 0 Å². The number of rotatable bonds is 3. The minimum absolute atomic E-state index is 0.0339. The van der Waals surface area contributed by atoms with Gasteiger partial charge >= 0.3 is 0 Å².